The molecular formula is C28H38ClN3O4S. The quantitative estimate of drug-likeness (QED) is 0.426. The van der Waals surface area contributed by atoms with Crippen LogP contribution >= 0.6 is 11.6 Å². The summed E-state index contributed by atoms with van der Waals surface area (Å²) in [5.41, 5.74) is 2.28. The van der Waals surface area contributed by atoms with E-state index in [2.05, 4.69) is 5.32 Å². The first-order chi connectivity index (χ1) is 17.6. The zero-order valence-corrected chi connectivity index (χ0v) is 23.5. The summed E-state index contributed by atoms with van der Waals surface area (Å²) < 4.78 is 26.3. The predicted octanol–water partition coefficient (Wildman–Crippen LogP) is 5.06. The normalized spacial score (nSPS) is 15.1. The number of sulfonamides is 1. The molecule has 0 aliphatic heterocycles. The van der Waals surface area contributed by atoms with Crippen molar-refractivity contribution in [2.75, 3.05) is 17.1 Å². The molecule has 1 fully saturated rings. The lowest BCUT2D eigenvalue weighted by Gasteiger charge is -2.31. The van der Waals surface area contributed by atoms with Gasteiger partial charge in [0, 0.05) is 30.6 Å². The minimum atomic E-state index is -3.53. The minimum Gasteiger partial charge on any atom is -0.352 e. The SMILES string of the molecule is Cc1cccc(N(CCCC(=O)N(Cc2ccccc2Cl)[C@H](C)C(=O)NC2CCCCC2)S(C)(=O)=O)c1. The third-order valence-corrected chi connectivity index (χ3v) is 8.42. The highest BCUT2D eigenvalue weighted by Crippen LogP contribution is 2.23. The zero-order chi connectivity index (χ0) is 27.0. The Morgan fingerprint density at radius 3 is 2.43 bits per heavy atom. The molecule has 0 spiro atoms. The average Bonchev–Trinajstić information content (AvgIpc) is 2.85. The Bertz CT molecular complexity index is 1180. The first kappa shape index (κ1) is 29.0. The number of anilines is 1. The van der Waals surface area contributed by atoms with E-state index in [0.717, 1.165) is 36.8 Å². The first-order valence-electron chi connectivity index (χ1n) is 12.9. The Kier molecular flexibility index (Phi) is 10.4. The van der Waals surface area contributed by atoms with Crippen LogP contribution in [-0.2, 0) is 26.2 Å². The van der Waals surface area contributed by atoms with Crippen molar-refractivity contribution < 1.29 is 18.0 Å². The molecule has 1 aliphatic rings. The molecule has 2 aromatic rings. The summed E-state index contributed by atoms with van der Waals surface area (Å²) in [5.74, 6) is -0.395. The second-order valence-electron chi connectivity index (χ2n) is 9.91. The molecule has 1 saturated carbocycles. The van der Waals surface area contributed by atoms with Crippen molar-refractivity contribution in [1.29, 1.82) is 0 Å². The Morgan fingerprint density at radius 2 is 1.78 bits per heavy atom. The molecule has 1 aliphatic carbocycles. The largest absolute Gasteiger partial charge is 0.352 e. The third-order valence-electron chi connectivity index (χ3n) is 6.86. The van der Waals surface area contributed by atoms with Crippen LogP contribution in [0.25, 0.3) is 0 Å². The van der Waals surface area contributed by atoms with Gasteiger partial charge >= 0.3 is 0 Å². The number of hydrogen-bond donors (Lipinski definition) is 1. The highest BCUT2D eigenvalue weighted by molar-refractivity contribution is 7.92. The standard InChI is InChI=1S/C28H38ClN3O4S/c1-21-11-9-15-25(19-21)32(37(3,35)36)18-10-17-27(33)31(20-23-12-7-8-16-26(23)29)22(2)28(34)30-24-13-5-4-6-14-24/h7-9,11-12,15-16,19,22,24H,4-6,10,13-14,17-18,20H2,1-3H3,(H,30,34)/t22-/m1/s1. The van der Waals surface area contributed by atoms with E-state index in [0.29, 0.717) is 17.1 Å². The van der Waals surface area contributed by atoms with Crippen molar-refractivity contribution in [3.8, 4) is 0 Å². The predicted molar refractivity (Wildman–Crippen MR) is 149 cm³/mol. The lowest BCUT2D eigenvalue weighted by Crippen LogP contribution is -2.50. The molecule has 37 heavy (non-hydrogen) atoms. The number of hydrogen-bond acceptors (Lipinski definition) is 4. The van der Waals surface area contributed by atoms with Crippen LogP contribution in [0.3, 0.4) is 0 Å². The molecule has 0 saturated heterocycles. The monoisotopic (exact) mass is 547 g/mol. The fourth-order valence-electron chi connectivity index (χ4n) is 4.75. The van der Waals surface area contributed by atoms with Gasteiger partial charge in [-0.05, 0) is 62.4 Å². The van der Waals surface area contributed by atoms with Crippen molar-refractivity contribution >= 4 is 39.1 Å². The summed E-state index contributed by atoms with van der Waals surface area (Å²) in [4.78, 5) is 28.1. The van der Waals surface area contributed by atoms with E-state index in [1.807, 2.05) is 43.3 Å². The molecule has 0 radical (unpaired) electrons. The van der Waals surface area contributed by atoms with Gasteiger partial charge in [-0.15, -0.1) is 0 Å². The highest BCUT2D eigenvalue weighted by atomic mass is 35.5. The van der Waals surface area contributed by atoms with Gasteiger partial charge in [-0.3, -0.25) is 13.9 Å². The van der Waals surface area contributed by atoms with E-state index in [9.17, 15) is 18.0 Å². The van der Waals surface area contributed by atoms with Crippen molar-refractivity contribution in [1.82, 2.24) is 10.2 Å². The van der Waals surface area contributed by atoms with E-state index in [-0.39, 0.29) is 37.4 Å². The van der Waals surface area contributed by atoms with E-state index in [4.69, 9.17) is 11.6 Å². The molecule has 2 amide bonds. The lowest BCUT2D eigenvalue weighted by molar-refractivity contribution is -0.141. The number of rotatable bonds is 11. The van der Waals surface area contributed by atoms with Gasteiger partial charge in [0.25, 0.3) is 0 Å². The van der Waals surface area contributed by atoms with Gasteiger partial charge in [0.05, 0.1) is 11.9 Å². The van der Waals surface area contributed by atoms with Crippen LogP contribution in [0.5, 0.6) is 0 Å². The summed E-state index contributed by atoms with van der Waals surface area (Å²) >= 11 is 6.38. The number of benzene rings is 2. The highest BCUT2D eigenvalue weighted by Gasteiger charge is 2.29. The Balaban J connectivity index is 1.72. The first-order valence-corrected chi connectivity index (χ1v) is 15.2. The van der Waals surface area contributed by atoms with Crippen molar-refractivity contribution in [2.45, 2.75) is 77.4 Å². The topological polar surface area (TPSA) is 86.8 Å². The molecule has 0 aromatic heterocycles. The zero-order valence-electron chi connectivity index (χ0n) is 22.0. The van der Waals surface area contributed by atoms with Crippen LogP contribution in [0.15, 0.2) is 48.5 Å². The molecule has 2 aromatic carbocycles. The smallest absolute Gasteiger partial charge is 0.242 e. The van der Waals surface area contributed by atoms with Crippen LogP contribution in [0, 0.1) is 6.92 Å². The number of aryl methyl sites for hydroxylation is 1. The molecule has 1 atom stereocenters. The lowest BCUT2D eigenvalue weighted by atomic mass is 9.95. The summed E-state index contributed by atoms with van der Waals surface area (Å²) in [5, 5.41) is 3.65. The fraction of sp³-hybridized carbons (Fsp3) is 0.500. The van der Waals surface area contributed by atoms with E-state index in [1.54, 1.807) is 24.0 Å². The number of carbonyl (C=O) groups excluding carboxylic acids is 2. The Hall–Kier alpha value is -2.58. The summed E-state index contributed by atoms with van der Waals surface area (Å²) in [7, 11) is -3.53. The van der Waals surface area contributed by atoms with Gasteiger partial charge in [-0.2, -0.15) is 0 Å². The molecule has 7 nitrogen and oxygen atoms in total. The second kappa shape index (κ2) is 13.3. The Labute approximate surface area is 226 Å². The van der Waals surface area contributed by atoms with Crippen molar-refractivity contribution in [3.05, 3.63) is 64.7 Å². The molecule has 3 rings (SSSR count). The molecule has 0 unspecified atom stereocenters. The molecule has 0 bridgehead atoms. The number of halogens is 1. The molecular weight excluding hydrogens is 510 g/mol. The van der Waals surface area contributed by atoms with Gasteiger partial charge in [-0.25, -0.2) is 8.42 Å². The summed E-state index contributed by atoms with van der Waals surface area (Å²) in [6.07, 6.45) is 6.87. The van der Waals surface area contributed by atoms with Crippen LogP contribution in [0.1, 0.15) is 63.0 Å². The number of amides is 2. The third kappa shape index (κ3) is 8.47. The maximum atomic E-state index is 13.5. The van der Waals surface area contributed by atoms with Gasteiger partial charge in [0.1, 0.15) is 6.04 Å². The number of nitrogens with one attached hydrogen (secondary N) is 1. The van der Waals surface area contributed by atoms with Crippen LogP contribution < -0.4 is 9.62 Å². The van der Waals surface area contributed by atoms with E-state index >= 15 is 0 Å². The molecule has 9 heteroatoms. The number of nitrogens with zero attached hydrogens (tertiary/aromatic N) is 2. The van der Waals surface area contributed by atoms with Crippen LogP contribution in [0.4, 0.5) is 5.69 Å². The van der Waals surface area contributed by atoms with Gasteiger partial charge in [0.15, 0.2) is 0 Å². The molecule has 0 heterocycles. The van der Waals surface area contributed by atoms with E-state index < -0.39 is 16.1 Å². The van der Waals surface area contributed by atoms with Crippen molar-refractivity contribution in [2.24, 2.45) is 0 Å². The molecule has 202 valence electrons. The van der Waals surface area contributed by atoms with Gasteiger partial charge in [0.2, 0.25) is 21.8 Å². The molecule has 1 N–H and O–H groups in total. The van der Waals surface area contributed by atoms with Crippen LogP contribution in [-0.4, -0.2) is 50.0 Å². The maximum absolute atomic E-state index is 13.5. The number of carbonyl (C=O) groups is 2. The maximum Gasteiger partial charge on any atom is 0.242 e. The van der Waals surface area contributed by atoms with Gasteiger partial charge < -0.3 is 10.2 Å². The van der Waals surface area contributed by atoms with Crippen molar-refractivity contribution in [3.63, 3.8) is 0 Å². The average molecular weight is 548 g/mol. The summed E-state index contributed by atoms with van der Waals surface area (Å²) in [6.45, 7) is 4.00. The van der Waals surface area contributed by atoms with E-state index in [1.165, 1.54) is 17.0 Å². The second-order valence-corrected chi connectivity index (χ2v) is 12.2. The van der Waals surface area contributed by atoms with Crippen LogP contribution in [0.2, 0.25) is 5.02 Å². The fourth-order valence-corrected chi connectivity index (χ4v) is 5.90. The minimum absolute atomic E-state index is 0.101. The van der Waals surface area contributed by atoms with Gasteiger partial charge in [-0.1, -0.05) is 61.2 Å². The Morgan fingerprint density at radius 1 is 1.08 bits per heavy atom. The summed E-state index contributed by atoms with van der Waals surface area (Å²) in [6, 6.07) is 14.0.